The minimum Gasteiger partial charge on any atom is -0.497 e. The number of fused-ring (bicyclic) bond motifs is 1. The molecule has 1 aromatic heterocycles. The Morgan fingerprint density at radius 3 is 2.44 bits per heavy atom. The van der Waals surface area contributed by atoms with Crippen molar-refractivity contribution in [1.82, 2.24) is 14.4 Å². The molecule has 1 amide bonds. The molecule has 1 saturated heterocycles. The molecule has 27 heavy (non-hydrogen) atoms. The molecule has 1 aromatic carbocycles. The van der Waals surface area contributed by atoms with Crippen LogP contribution in [0.25, 0.3) is 10.9 Å². The summed E-state index contributed by atoms with van der Waals surface area (Å²) in [5.41, 5.74) is 3.17. The SMILES string of the molecule is COc1ccc2c(c1)c(C(=O)N1CCN(C)CC1)c(C)n2C1CCCCC1. The molecule has 2 heterocycles. The molecule has 1 aliphatic carbocycles. The van der Waals surface area contributed by atoms with Gasteiger partial charge in [-0.05, 0) is 45.0 Å². The number of nitrogens with zero attached hydrogens (tertiary/aromatic N) is 3. The van der Waals surface area contributed by atoms with Gasteiger partial charge in [0, 0.05) is 48.8 Å². The zero-order valence-electron chi connectivity index (χ0n) is 16.8. The number of carbonyl (C=O) groups is 1. The molecular formula is C22H31N3O2. The second-order valence-corrected chi connectivity index (χ2v) is 8.10. The van der Waals surface area contributed by atoms with E-state index in [0.717, 1.165) is 48.6 Å². The van der Waals surface area contributed by atoms with Gasteiger partial charge in [-0.1, -0.05) is 19.3 Å². The Hall–Kier alpha value is -2.01. The minimum atomic E-state index is 0.174. The Morgan fingerprint density at radius 1 is 1.07 bits per heavy atom. The highest BCUT2D eigenvalue weighted by atomic mass is 16.5. The highest BCUT2D eigenvalue weighted by Gasteiger charge is 2.29. The molecule has 1 saturated carbocycles. The lowest BCUT2D eigenvalue weighted by molar-refractivity contribution is 0.0665. The van der Waals surface area contributed by atoms with Gasteiger partial charge in [0.05, 0.1) is 12.7 Å². The average Bonchev–Trinajstić information content (AvgIpc) is 2.99. The van der Waals surface area contributed by atoms with Crippen LogP contribution in [-0.2, 0) is 0 Å². The van der Waals surface area contributed by atoms with Crippen molar-refractivity contribution in [3.05, 3.63) is 29.5 Å². The molecular weight excluding hydrogens is 338 g/mol. The summed E-state index contributed by atoms with van der Waals surface area (Å²) in [4.78, 5) is 17.8. The lowest BCUT2D eigenvalue weighted by atomic mass is 9.95. The molecule has 146 valence electrons. The van der Waals surface area contributed by atoms with Crippen molar-refractivity contribution in [2.24, 2.45) is 0 Å². The normalized spacial score (nSPS) is 19.6. The van der Waals surface area contributed by atoms with Gasteiger partial charge in [0.2, 0.25) is 0 Å². The number of ether oxygens (including phenoxy) is 1. The van der Waals surface area contributed by atoms with E-state index in [4.69, 9.17) is 4.74 Å². The summed E-state index contributed by atoms with van der Waals surface area (Å²) in [7, 11) is 3.81. The van der Waals surface area contributed by atoms with Gasteiger partial charge in [-0.2, -0.15) is 0 Å². The highest BCUT2D eigenvalue weighted by Crippen LogP contribution is 2.37. The number of likely N-dealkylation sites (N-methyl/N-ethyl adjacent to an activating group) is 1. The topological polar surface area (TPSA) is 37.7 Å². The van der Waals surface area contributed by atoms with Crippen LogP contribution in [0.4, 0.5) is 0 Å². The van der Waals surface area contributed by atoms with Gasteiger partial charge in [0.1, 0.15) is 5.75 Å². The van der Waals surface area contributed by atoms with Crippen molar-refractivity contribution < 1.29 is 9.53 Å². The number of amides is 1. The van der Waals surface area contributed by atoms with Crippen LogP contribution in [0.3, 0.4) is 0 Å². The lowest BCUT2D eigenvalue weighted by Crippen LogP contribution is -2.47. The smallest absolute Gasteiger partial charge is 0.256 e. The number of hydrogen-bond acceptors (Lipinski definition) is 3. The molecule has 2 aliphatic rings. The first-order chi connectivity index (χ1) is 13.1. The number of carbonyl (C=O) groups excluding carboxylic acids is 1. The number of benzene rings is 1. The van der Waals surface area contributed by atoms with Gasteiger partial charge in [0.25, 0.3) is 5.91 Å². The van der Waals surface area contributed by atoms with Crippen LogP contribution < -0.4 is 4.74 Å². The number of hydrogen-bond donors (Lipinski definition) is 0. The largest absolute Gasteiger partial charge is 0.497 e. The zero-order chi connectivity index (χ0) is 19.0. The second kappa shape index (κ2) is 7.55. The minimum absolute atomic E-state index is 0.174. The quantitative estimate of drug-likeness (QED) is 0.825. The van der Waals surface area contributed by atoms with E-state index >= 15 is 0 Å². The van der Waals surface area contributed by atoms with E-state index < -0.39 is 0 Å². The van der Waals surface area contributed by atoms with Crippen molar-refractivity contribution in [2.45, 2.75) is 45.1 Å². The third-order valence-electron chi connectivity index (χ3n) is 6.40. The van der Waals surface area contributed by atoms with Gasteiger partial charge in [-0.25, -0.2) is 0 Å². The molecule has 0 radical (unpaired) electrons. The first-order valence-electron chi connectivity index (χ1n) is 10.3. The number of methoxy groups -OCH3 is 1. The first kappa shape index (κ1) is 18.4. The number of rotatable bonds is 3. The molecule has 0 bridgehead atoms. The van der Waals surface area contributed by atoms with Gasteiger partial charge < -0.3 is 19.1 Å². The maximum absolute atomic E-state index is 13.5. The zero-order valence-corrected chi connectivity index (χ0v) is 16.8. The number of aromatic nitrogens is 1. The van der Waals surface area contributed by atoms with E-state index in [1.165, 1.54) is 37.6 Å². The lowest BCUT2D eigenvalue weighted by Gasteiger charge is -2.32. The van der Waals surface area contributed by atoms with Crippen molar-refractivity contribution in [1.29, 1.82) is 0 Å². The summed E-state index contributed by atoms with van der Waals surface area (Å²) in [6.45, 7) is 5.61. The third-order valence-corrected chi connectivity index (χ3v) is 6.40. The summed E-state index contributed by atoms with van der Waals surface area (Å²) < 4.78 is 7.91. The Kier molecular flexibility index (Phi) is 5.13. The molecule has 0 atom stereocenters. The van der Waals surface area contributed by atoms with Crippen LogP contribution >= 0.6 is 0 Å². The van der Waals surface area contributed by atoms with E-state index in [9.17, 15) is 4.79 Å². The van der Waals surface area contributed by atoms with Gasteiger partial charge in [0.15, 0.2) is 0 Å². The first-order valence-corrected chi connectivity index (χ1v) is 10.3. The van der Waals surface area contributed by atoms with Crippen molar-refractivity contribution in [3.8, 4) is 5.75 Å². The van der Waals surface area contributed by atoms with E-state index in [2.05, 4.69) is 29.5 Å². The standard InChI is InChI=1S/C22H31N3O2/c1-16-21(22(26)24-13-11-23(2)12-14-24)19-15-18(27-3)9-10-20(19)25(16)17-7-5-4-6-8-17/h9-10,15,17H,4-8,11-14H2,1-3H3. The summed E-state index contributed by atoms with van der Waals surface area (Å²) in [5.74, 6) is 0.990. The molecule has 0 unspecified atom stereocenters. The highest BCUT2D eigenvalue weighted by molar-refractivity contribution is 6.09. The molecule has 0 spiro atoms. The second-order valence-electron chi connectivity index (χ2n) is 8.10. The molecule has 2 aromatic rings. The van der Waals surface area contributed by atoms with Crippen LogP contribution in [0.15, 0.2) is 18.2 Å². The van der Waals surface area contributed by atoms with E-state index in [1.807, 2.05) is 17.0 Å². The van der Waals surface area contributed by atoms with E-state index in [-0.39, 0.29) is 5.91 Å². The molecule has 5 nitrogen and oxygen atoms in total. The molecule has 1 aliphatic heterocycles. The predicted molar refractivity (Wildman–Crippen MR) is 109 cm³/mol. The van der Waals surface area contributed by atoms with Crippen LogP contribution in [0.1, 0.15) is 54.2 Å². The van der Waals surface area contributed by atoms with Gasteiger partial charge in [-0.15, -0.1) is 0 Å². The van der Waals surface area contributed by atoms with Crippen molar-refractivity contribution in [3.63, 3.8) is 0 Å². The van der Waals surface area contributed by atoms with E-state index in [1.54, 1.807) is 7.11 Å². The van der Waals surface area contributed by atoms with Crippen LogP contribution in [0, 0.1) is 6.92 Å². The van der Waals surface area contributed by atoms with Crippen LogP contribution in [-0.4, -0.2) is 60.6 Å². The maximum atomic E-state index is 13.5. The fourth-order valence-electron chi connectivity index (χ4n) is 4.80. The summed E-state index contributed by atoms with van der Waals surface area (Å²) in [6, 6.07) is 6.70. The Balaban J connectivity index is 1.80. The molecule has 4 rings (SSSR count). The fraction of sp³-hybridized carbons (Fsp3) is 0.591. The molecule has 0 N–H and O–H groups in total. The van der Waals surface area contributed by atoms with E-state index in [0.29, 0.717) is 6.04 Å². The third kappa shape index (κ3) is 3.33. The van der Waals surface area contributed by atoms with Gasteiger partial charge >= 0.3 is 0 Å². The van der Waals surface area contributed by atoms with Crippen molar-refractivity contribution >= 4 is 16.8 Å². The van der Waals surface area contributed by atoms with Crippen LogP contribution in [0.5, 0.6) is 5.75 Å². The maximum Gasteiger partial charge on any atom is 0.256 e. The predicted octanol–water partition coefficient (Wildman–Crippen LogP) is 3.85. The number of piperazine rings is 1. The Bertz CT molecular complexity index is 828. The summed E-state index contributed by atoms with van der Waals surface area (Å²) >= 11 is 0. The Labute approximate surface area is 161 Å². The van der Waals surface area contributed by atoms with Gasteiger partial charge in [-0.3, -0.25) is 4.79 Å². The fourth-order valence-corrected chi connectivity index (χ4v) is 4.80. The average molecular weight is 370 g/mol. The van der Waals surface area contributed by atoms with Crippen molar-refractivity contribution in [2.75, 3.05) is 40.3 Å². The van der Waals surface area contributed by atoms with Crippen LogP contribution in [0.2, 0.25) is 0 Å². The Morgan fingerprint density at radius 2 is 1.78 bits per heavy atom. The molecule has 5 heteroatoms. The molecule has 2 fully saturated rings. The summed E-state index contributed by atoms with van der Waals surface area (Å²) in [6.07, 6.45) is 6.30. The summed E-state index contributed by atoms with van der Waals surface area (Å²) in [5, 5.41) is 1.04. The monoisotopic (exact) mass is 369 g/mol.